The van der Waals surface area contributed by atoms with Crippen LogP contribution >= 0.6 is 15.9 Å². The Labute approximate surface area is 83.3 Å². The fraction of sp³-hybridized carbons (Fsp3) is 0.125. The average Bonchev–Trinajstić information content (AvgIpc) is 2.16. The Morgan fingerprint density at radius 2 is 2.38 bits per heavy atom. The van der Waals surface area contributed by atoms with E-state index in [1.807, 2.05) is 6.07 Å². The molecule has 4 nitrogen and oxygen atoms in total. The third-order valence-corrected chi connectivity index (χ3v) is 1.97. The summed E-state index contributed by atoms with van der Waals surface area (Å²) in [5.74, 6) is -0.523. The molecule has 13 heavy (non-hydrogen) atoms. The zero-order valence-electron chi connectivity index (χ0n) is 6.74. The fourth-order valence-corrected chi connectivity index (χ4v) is 1.15. The minimum absolute atomic E-state index is 0.174. The van der Waals surface area contributed by atoms with E-state index in [4.69, 9.17) is 5.26 Å². The minimum Gasteiger partial charge on any atom is -0.464 e. The zero-order chi connectivity index (χ0) is 9.84. The van der Waals surface area contributed by atoms with E-state index in [2.05, 4.69) is 25.7 Å². The largest absolute Gasteiger partial charge is 0.464 e. The van der Waals surface area contributed by atoms with Gasteiger partial charge in [0.25, 0.3) is 0 Å². The van der Waals surface area contributed by atoms with Gasteiger partial charge in [0.1, 0.15) is 16.4 Å². The number of rotatable bonds is 1. The molecule has 0 bridgehead atoms. The van der Waals surface area contributed by atoms with Crippen LogP contribution in [-0.4, -0.2) is 18.1 Å². The molecule has 0 N–H and O–H groups in total. The molecule has 0 aliphatic heterocycles. The number of hydrogen-bond donors (Lipinski definition) is 0. The van der Waals surface area contributed by atoms with Crippen molar-refractivity contribution in [3.63, 3.8) is 0 Å². The molecule has 0 saturated carbocycles. The number of nitrogens with zero attached hydrogens (tertiary/aromatic N) is 2. The Bertz CT molecular complexity index is 384. The molecule has 66 valence electrons. The van der Waals surface area contributed by atoms with Gasteiger partial charge in [-0.2, -0.15) is 5.26 Å². The highest BCUT2D eigenvalue weighted by Gasteiger charge is 2.09. The van der Waals surface area contributed by atoms with Crippen molar-refractivity contribution in [3.05, 3.63) is 28.0 Å². The predicted molar refractivity (Wildman–Crippen MR) is 48.0 cm³/mol. The highest BCUT2D eigenvalue weighted by molar-refractivity contribution is 9.10. The Morgan fingerprint density at radius 3 is 2.85 bits per heavy atom. The third kappa shape index (κ3) is 2.04. The highest BCUT2D eigenvalue weighted by atomic mass is 79.9. The number of methoxy groups -OCH3 is 1. The van der Waals surface area contributed by atoms with Crippen molar-refractivity contribution in [1.29, 1.82) is 5.26 Å². The molecular formula is C8H5BrN2O2. The molecule has 0 spiro atoms. The van der Waals surface area contributed by atoms with E-state index in [0.29, 0.717) is 10.2 Å². The molecule has 0 amide bonds. The summed E-state index contributed by atoms with van der Waals surface area (Å²) in [6.45, 7) is 0. The monoisotopic (exact) mass is 240 g/mol. The summed E-state index contributed by atoms with van der Waals surface area (Å²) in [5.41, 5.74) is 0.557. The Kier molecular flexibility index (Phi) is 2.98. The van der Waals surface area contributed by atoms with E-state index in [1.54, 1.807) is 0 Å². The summed E-state index contributed by atoms with van der Waals surface area (Å²) in [6, 6.07) is 4.86. The molecule has 0 fully saturated rings. The van der Waals surface area contributed by atoms with E-state index in [1.165, 1.54) is 19.2 Å². The summed E-state index contributed by atoms with van der Waals surface area (Å²) in [5, 5.41) is 8.57. The minimum atomic E-state index is -0.523. The molecule has 0 aliphatic carbocycles. The van der Waals surface area contributed by atoms with Crippen molar-refractivity contribution in [2.75, 3.05) is 7.11 Å². The number of nitriles is 1. The molecule has 1 rings (SSSR count). The van der Waals surface area contributed by atoms with Crippen molar-refractivity contribution in [2.24, 2.45) is 0 Å². The van der Waals surface area contributed by atoms with Gasteiger partial charge in [0.15, 0.2) is 0 Å². The Balaban J connectivity index is 3.11. The molecule has 0 atom stereocenters. The topological polar surface area (TPSA) is 63.0 Å². The van der Waals surface area contributed by atoms with Crippen molar-refractivity contribution in [3.8, 4) is 6.07 Å². The molecular weight excluding hydrogens is 236 g/mol. The van der Waals surface area contributed by atoms with Crippen LogP contribution in [0.3, 0.4) is 0 Å². The zero-order valence-corrected chi connectivity index (χ0v) is 8.33. The van der Waals surface area contributed by atoms with Crippen LogP contribution in [0.4, 0.5) is 0 Å². The van der Waals surface area contributed by atoms with Gasteiger partial charge in [-0.3, -0.25) is 0 Å². The quantitative estimate of drug-likeness (QED) is 0.552. The summed E-state index contributed by atoms with van der Waals surface area (Å²) in [6.07, 6.45) is 0. The first-order chi connectivity index (χ1) is 6.19. The normalized spacial score (nSPS) is 9.00. The lowest BCUT2D eigenvalue weighted by Gasteiger charge is -1.99. The number of aromatic nitrogens is 1. The molecule has 1 aromatic rings. The number of hydrogen-bond acceptors (Lipinski definition) is 4. The van der Waals surface area contributed by atoms with Gasteiger partial charge in [-0.05, 0) is 28.1 Å². The molecule has 1 heterocycles. The van der Waals surface area contributed by atoms with Gasteiger partial charge in [-0.1, -0.05) is 0 Å². The van der Waals surface area contributed by atoms with Crippen LogP contribution in [0, 0.1) is 11.3 Å². The molecule has 0 unspecified atom stereocenters. The van der Waals surface area contributed by atoms with Gasteiger partial charge in [-0.15, -0.1) is 0 Å². The second-order valence-corrected chi connectivity index (χ2v) is 2.89. The Morgan fingerprint density at radius 1 is 1.69 bits per heavy atom. The van der Waals surface area contributed by atoms with Gasteiger partial charge < -0.3 is 4.74 Å². The standard InChI is InChI=1S/C8H5BrN2O2/c1-13-8(12)6-3-2-5(4-10)7(9)11-6/h2-3H,1H3. The lowest BCUT2D eigenvalue weighted by Crippen LogP contribution is -2.04. The number of esters is 1. The van der Waals surface area contributed by atoms with Crippen molar-refractivity contribution >= 4 is 21.9 Å². The Hall–Kier alpha value is -1.41. The van der Waals surface area contributed by atoms with Gasteiger partial charge in [0.05, 0.1) is 12.7 Å². The first kappa shape index (κ1) is 9.68. The van der Waals surface area contributed by atoms with Crippen LogP contribution in [0.5, 0.6) is 0 Å². The summed E-state index contributed by atoms with van der Waals surface area (Å²) in [7, 11) is 1.27. The molecule has 5 heteroatoms. The van der Waals surface area contributed by atoms with Gasteiger partial charge >= 0.3 is 5.97 Å². The SMILES string of the molecule is COC(=O)c1ccc(C#N)c(Br)n1. The number of ether oxygens (including phenoxy) is 1. The van der Waals surface area contributed by atoms with E-state index >= 15 is 0 Å². The predicted octanol–water partition coefficient (Wildman–Crippen LogP) is 1.50. The summed E-state index contributed by atoms with van der Waals surface area (Å²) >= 11 is 3.06. The molecule has 1 aromatic heterocycles. The smallest absolute Gasteiger partial charge is 0.356 e. The summed E-state index contributed by atoms with van der Waals surface area (Å²) < 4.78 is 4.80. The van der Waals surface area contributed by atoms with E-state index < -0.39 is 5.97 Å². The van der Waals surface area contributed by atoms with Gasteiger partial charge in [-0.25, -0.2) is 9.78 Å². The number of pyridine rings is 1. The molecule has 0 aromatic carbocycles. The summed E-state index contributed by atoms with van der Waals surface area (Å²) in [4.78, 5) is 14.8. The lowest BCUT2D eigenvalue weighted by atomic mass is 10.3. The first-order valence-electron chi connectivity index (χ1n) is 3.34. The van der Waals surface area contributed by atoms with Crippen LogP contribution in [0.25, 0.3) is 0 Å². The van der Waals surface area contributed by atoms with Gasteiger partial charge in [0.2, 0.25) is 0 Å². The molecule has 0 saturated heterocycles. The van der Waals surface area contributed by atoms with Crippen molar-refractivity contribution < 1.29 is 9.53 Å². The molecule has 0 radical (unpaired) electrons. The average molecular weight is 241 g/mol. The van der Waals surface area contributed by atoms with Crippen LogP contribution in [-0.2, 0) is 4.74 Å². The number of carbonyl (C=O) groups excluding carboxylic acids is 1. The van der Waals surface area contributed by atoms with Crippen LogP contribution in [0.1, 0.15) is 16.1 Å². The maximum absolute atomic E-state index is 11.0. The number of carbonyl (C=O) groups is 1. The van der Waals surface area contributed by atoms with E-state index in [9.17, 15) is 4.79 Å². The third-order valence-electron chi connectivity index (χ3n) is 1.36. The number of halogens is 1. The maximum Gasteiger partial charge on any atom is 0.356 e. The highest BCUT2D eigenvalue weighted by Crippen LogP contribution is 2.13. The second kappa shape index (κ2) is 4.01. The second-order valence-electron chi connectivity index (χ2n) is 2.14. The molecule has 0 aliphatic rings. The van der Waals surface area contributed by atoms with Crippen LogP contribution in [0.15, 0.2) is 16.7 Å². The van der Waals surface area contributed by atoms with E-state index in [-0.39, 0.29) is 5.69 Å². The van der Waals surface area contributed by atoms with Crippen LogP contribution < -0.4 is 0 Å². The fourth-order valence-electron chi connectivity index (χ4n) is 0.736. The lowest BCUT2D eigenvalue weighted by molar-refractivity contribution is 0.0594. The maximum atomic E-state index is 11.0. The van der Waals surface area contributed by atoms with E-state index in [0.717, 1.165) is 0 Å². The van der Waals surface area contributed by atoms with Crippen molar-refractivity contribution in [2.45, 2.75) is 0 Å². The van der Waals surface area contributed by atoms with Crippen molar-refractivity contribution in [1.82, 2.24) is 4.98 Å². The first-order valence-corrected chi connectivity index (χ1v) is 4.13. The van der Waals surface area contributed by atoms with Gasteiger partial charge in [0, 0.05) is 0 Å². The van der Waals surface area contributed by atoms with Crippen LogP contribution in [0.2, 0.25) is 0 Å².